The van der Waals surface area contributed by atoms with Gasteiger partial charge in [-0.25, -0.2) is 4.79 Å². The van der Waals surface area contributed by atoms with Crippen molar-refractivity contribution in [3.63, 3.8) is 0 Å². The Morgan fingerprint density at radius 3 is 2.65 bits per heavy atom. The van der Waals surface area contributed by atoms with E-state index in [1.807, 2.05) is 0 Å². The summed E-state index contributed by atoms with van der Waals surface area (Å²) in [7, 11) is 1.51. The minimum Gasteiger partial charge on any atom is -0.497 e. The van der Waals surface area contributed by atoms with Crippen LogP contribution < -0.4 is 9.47 Å². The van der Waals surface area contributed by atoms with Crippen LogP contribution in [0.2, 0.25) is 0 Å². The van der Waals surface area contributed by atoms with Gasteiger partial charge in [0.25, 0.3) is 0 Å². The van der Waals surface area contributed by atoms with Crippen LogP contribution in [-0.2, 0) is 0 Å². The topological polar surface area (TPSA) is 55.8 Å². The molecule has 1 aliphatic carbocycles. The Labute approximate surface area is 100 Å². The van der Waals surface area contributed by atoms with E-state index in [9.17, 15) is 4.79 Å². The lowest BCUT2D eigenvalue weighted by molar-refractivity contribution is 0.0689. The summed E-state index contributed by atoms with van der Waals surface area (Å²) in [4.78, 5) is 11.1. The monoisotopic (exact) mass is 236 g/mol. The van der Waals surface area contributed by atoms with Gasteiger partial charge in [0.1, 0.15) is 17.1 Å². The molecule has 2 rings (SSSR count). The van der Waals surface area contributed by atoms with Gasteiger partial charge in [-0.05, 0) is 43.9 Å². The Morgan fingerprint density at radius 2 is 2.06 bits per heavy atom. The van der Waals surface area contributed by atoms with Gasteiger partial charge in [-0.3, -0.25) is 0 Å². The molecule has 1 aliphatic rings. The van der Waals surface area contributed by atoms with Gasteiger partial charge in [-0.15, -0.1) is 0 Å². The van der Waals surface area contributed by atoms with Crippen molar-refractivity contribution in [3.05, 3.63) is 23.8 Å². The van der Waals surface area contributed by atoms with Crippen molar-refractivity contribution in [2.45, 2.75) is 31.8 Å². The highest BCUT2D eigenvalue weighted by Gasteiger charge is 2.20. The molecule has 0 spiro atoms. The van der Waals surface area contributed by atoms with Crippen molar-refractivity contribution in [1.82, 2.24) is 0 Å². The molecule has 1 N–H and O–H groups in total. The van der Waals surface area contributed by atoms with E-state index in [-0.39, 0.29) is 11.7 Å². The smallest absolute Gasteiger partial charge is 0.339 e. The molecule has 0 unspecified atom stereocenters. The summed E-state index contributed by atoms with van der Waals surface area (Å²) in [6.45, 7) is 0. The van der Waals surface area contributed by atoms with E-state index in [4.69, 9.17) is 14.6 Å². The quantitative estimate of drug-likeness (QED) is 0.873. The zero-order chi connectivity index (χ0) is 12.3. The fourth-order valence-electron chi connectivity index (χ4n) is 2.09. The number of carbonyl (C=O) groups is 1. The Bertz CT molecular complexity index is 408. The Morgan fingerprint density at radius 1 is 1.35 bits per heavy atom. The number of benzene rings is 1. The molecule has 0 aromatic heterocycles. The zero-order valence-electron chi connectivity index (χ0n) is 9.81. The molecule has 0 saturated heterocycles. The Kier molecular flexibility index (Phi) is 3.52. The Hall–Kier alpha value is -1.71. The van der Waals surface area contributed by atoms with Crippen molar-refractivity contribution >= 4 is 5.97 Å². The van der Waals surface area contributed by atoms with Crippen LogP contribution in [-0.4, -0.2) is 24.3 Å². The molecule has 0 atom stereocenters. The molecule has 4 nitrogen and oxygen atoms in total. The van der Waals surface area contributed by atoms with E-state index in [1.165, 1.54) is 13.2 Å². The number of methoxy groups -OCH3 is 1. The second kappa shape index (κ2) is 5.08. The third-order valence-electron chi connectivity index (χ3n) is 3.01. The highest BCUT2D eigenvalue weighted by Crippen LogP contribution is 2.29. The second-order valence-electron chi connectivity index (χ2n) is 4.19. The van der Waals surface area contributed by atoms with Gasteiger partial charge >= 0.3 is 5.97 Å². The number of rotatable bonds is 4. The number of carboxylic acids is 1. The van der Waals surface area contributed by atoms with Crippen molar-refractivity contribution in [2.24, 2.45) is 0 Å². The van der Waals surface area contributed by atoms with Crippen LogP contribution >= 0.6 is 0 Å². The molecular formula is C13H16O4. The van der Waals surface area contributed by atoms with E-state index in [0.29, 0.717) is 11.5 Å². The lowest BCUT2D eigenvalue weighted by atomic mass is 10.2. The van der Waals surface area contributed by atoms with Crippen LogP contribution in [0.25, 0.3) is 0 Å². The summed E-state index contributed by atoms with van der Waals surface area (Å²) in [5.74, 6) is -0.0248. The fourth-order valence-corrected chi connectivity index (χ4v) is 2.09. The summed E-state index contributed by atoms with van der Waals surface area (Å²) in [5, 5.41) is 9.12. The first-order chi connectivity index (χ1) is 8.20. The number of hydrogen-bond donors (Lipinski definition) is 1. The molecule has 1 aromatic carbocycles. The van der Waals surface area contributed by atoms with Crippen LogP contribution in [0.4, 0.5) is 0 Å². The molecule has 4 heteroatoms. The largest absolute Gasteiger partial charge is 0.497 e. The summed E-state index contributed by atoms with van der Waals surface area (Å²) in [6.07, 6.45) is 4.48. The second-order valence-corrected chi connectivity index (χ2v) is 4.19. The first-order valence-corrected chi connectivity index (χ1v) is 5.78. The maximum absolute atomic E-state index is 11.1. The minimum atomic E-state index is -0.989. The van der Waals surface area contributed by atoms with Gasteiger partial charge in [0.05, 0.1) is 13.2 Å². The van der Waals surface area contributed by atoms with Gasteiger partial charge in [0, 0.05) is 0 Å². The van der Waals surface area contributed by atoms with Gasteiger partial charge in [0.15, 0.2) is 0 Å². The maximum atomic E-state index is 11.1. The summed E-state index contributed by atoms with van der Waals surface area (Å²) in [5.41, 5.74) is 0.163. The van der Waals surface area contributed by atoms with E-state index in [2.05, 4.69) is 0 Å². The van der Waals surface area contributed by atoms with Crippen molar-refractivity contribution in [1.29, 1.82) is 0 Å². The molecule has 0 heterocycles. The van der Waals surface area contributed by atoms with Crippen LogP contribution in [0.3, 0.4) is 0 Å². The van der Waals surface area contributed by atoms with E-state index in [1.54, 1.807) is 12.1 Å². The van der Waals surface area contributed by atoms with E-state index < -0.39 is 5.97 Å². The molecular weight excluding hydrogens is 220 g/mol. The molecule has 0 amide bonds. The van der Waals surface area contributed by atoms with Crippen LogP contribution in [0.15, 0.2) is 18.2 Å². The SMILES string of the molecule is COc1ccc(OC2CCCC2)c(C(=O)O)c1. The third-order valence-corrected chi connectivity index (χ3v) is 3.01. The maximum Gasteiger partial charge on any atom is 0.339 e. The number of carboxylic acid groups (broad SMARTS) is 1. The molecule has 17 heavy (non-hydrogen) atoms. The molecule has 0 radical (unpaired) electrons. The van der Waals surface area contributed by atoms with Crippen LogP contribution in [0.1, 0.15) is 36.0 Å². The number of ether oxygens (including phenoxy) is 2. The first-order valence-electron chi connectivity index (χ1n) is 5.78. The molecule has 1 fully saturated rings. The zero-order valence-corrected chi connectivity index (χ0v) is 9.81. The minimum absolute atomic E-state index is 0.154. The number of aromatic carboxylic acids is 1. The van der Waals surface area contributed by atoms with Gasteiger partial charge < -0.3 is 14.6 Å². The van der Waals surface area contributed by atoms with E-state index in [0.717, 1.165) is 25.7 Å². The van der Waals surface area contributed by atoms with Crippen molar-refractivity contribution < 1.29 is 19.4 Å². The fraction of sp³-hybridized carbons (Fsp3) is 0.462. The molecule has 92 valence electrons. The molecule has 1 aromatic rings. The van der Waals surface area contributed by atoms with Crippen LogP contribution in [0, 0.1) is 0 Å². The standard InChI is InChI=1S/C13H16O4/c1-16-10-6-7-12(11(8-10)13(14)15)17-9-4-2-3-5-9/h6-9H,2-5H2,1H3,(H,14,15). The number of hydrogen-bond acceptors (Lipinski definition) is 3. The van der Waals surface area contributed by atoms with Crippen LogP contribution in [0.5, 0.6) is 11.5 Å². The van der Waals surface area contributed by atoms with Crippen molar-refractivity contribution in [2.75, 3.05) is 7.11 Å². The summed E-state index contributed by atoms with van der Waals surface area (Å²) < 4.78 is 10.7. The van der Waals surface area contributed by atoms with Gasteiger partial charge in [-0.2, -0.15) is 0 Å². The predicted molar refractivity (Wildman–Crippen MR) is 62.8 cm³/mol. The highest BCUT2D eigenvalue weighted by molar-refractivity contribution is 5.91. The third kappa shape index (κ3) is 2.70. The highest BCUT2D eigenvalue weighted by atomic mass is 16.5. The lowest BCUT2D eigenvalue weighted by Crippen LogP contribution is -2.13. The summed E-state index contributed by atoms with van der Waals surface area (Å²) in [6, 6.07) is 4.88. The lowest BCUT2D eigenvalue weighted by Gasteiger charge is -2.15. The molecule has 0 bridgehead atoms. The normalized spacial score (nSPS) is 15.8. The van der Waals surface area contributed by atoms with Crippen molar-refractivity contribution in [3.8, 4) is 11.5 Å². The van der Waals surface area contributed by atoms with E-state index >= 15 is 0 Å². The van der Waals surface area contributed by atoms with Gasteiger partial charge in [0.2, 0.25) is 0 Å². The van der Waals surface area contributed by atoms with Gasteiger partial charge in [-0.1, -0.05) is 0 Å². The average molecular weight is 236 g/mol. The molecule has 0 aliphatic heterocycles. The predicted octanol–water partition coefficient (Wildman–Crippen LogP) is 2.71. The Balaban J connectivity index is 2.22. The summed E-state index contributed by atoms with van der Waals surface area (Å²) >= 11 is 0. The molecule has 1 saturated carbocycles. The first kappa shape index (κ1) is 11.8. The average Bonchev–Trinajstić information content (AvgIpc) is 2.82.